The lowest BCUT2D eigenvalue weighted by Crippen LogP contribution is -2.25. The van der Waals surface area contributed by atoms with Crippen molar-refractivity contribution < 1.29 is 17.9 Å². The number of alkyl halides is 3. The fourth-order valence-corrected chi connectivity index (χ4v) is 2.40. The summed E-state index contributed by atoms with van der Waals surface area (Å²) in [5.74, 6) is -0.661. The Kier molecular flexibility index (Phi) is 4.30. The van der Waals surface area contributed by atoms with E-state index in [1.807, 2.05) is 0 Å². The molecular weight excluding hydrogens is 313 g/mol. The Morgan fingerprint density at radius 1 is 1.13 bits per heavy atom. The highest BCUT2D eigenvalue weighted by molar-refractivity contribution is 5.30. The zero-order chi connectivity index (χ0) is 16.3. The fourth-order valence-electron chi connectivity index (χ4n) is 2.40. The molecule has 0 spiro atoms. The van der Waals surface area contributed by atoms with E-state index in [9.17, 15) is 13.2 Å². The summed E-state index contributed by atoms with van der Waals surface area (Å²) in [5, 5.41) is 5.19. The summed E-state index contributed by atoms with van der Waals surface area (Å²) < 4.78 is 44.5. The van der Waals surface area contributed by atoms with Gasteiger partial charge >= 0.3 is 12.3 Å². The molecular formula is C13H15F3N6O. The highest BCUT2D eigenvalue weighted by atomic mass is 19.4. The average Bonchev–Trinajstić information content (AvgIpc) is 3.00. The number of nitrogens with zero attached hydrogens (tertiary/aromatic N) is 5. The Morgan fingerprint density at radius 2 is 1.91 bits per heavy atom. The molecule has 124 valence electrons. The molecule has 0 atom stereocenters. The van der Waals surface area contributed by atoms with Crippen LogP contribution >= 0.6 is 0 Å². The highest BCUT2D eigenvalue weighted by Crippen LogP contribution is 2.23. The summed E-state index contributed by atoms with van der Waals surface area (Å²) in [7, 11) is 0. The number of hydrogen-bond acceptors (Lipinski definition) is 6. The molecule has 1 saturated carbocycles. The summed E-state index contributed by atoms with van der Waals surface area (Å²) in [4.78, 5) is 11.5. The van der Waals surface area contributed by atoms with Crippen molar-refractivity contribution in [2.24, 2.45) is 0 Å². The second kappa shape index (κ2) is 6.39. The molecule has 1 aliphatic rings. The van der Waals surface area contributed by atoms with Gasteiger partial charge in [-0.3, -0.25) is 5.32 Å². The van der Waals surface area contributed by atoms with Crippen molar-refractivity contribution in [2.45, 2.75) is 44.5 Å². The van der Waals surface area contributed by atoms with Crippen LogP contribution in [-0.4, -0.2) is 37.1 Å². The highest BCUT2D eigenvalue weighted by Gasteiger charge is 2.29. The van der Waals surface area contributed by atoms with Crippen LogP contribution in [0.2, 0.25) is 0 Å². The van der Waals surface area contributed by atoms with E-state index < -0.39 is 12.2 Å². The van der Waals surface area contributed by atoms with Crippen molar-refractivity contribution in [1.29, 1.82) is 0 Å². The maximum atomic E-state index is 12.5. The summed E-state index contributed by atoms with van der Waals surface area (Å²) >= 11 is 0. The van der Waals surface area contributed by atoms with Crippen LogP contribution in [0.1, 0.15) is 32.1 Å². The molecule has 0 aromatic carbocycles. The van der Waals surface area contributed by atoms with E-state index in [4.69, 9.17) is 4.74 Å². The molecule has 1 fully saturated rings. The average molecular weight is 328 g/mol. The zero-order valence-electron chi connectivity index (χ0n) is 12.1. The topological polar surface area (TPSA) is 77.8 Å². The van der Waals surface area contributed by atoms with E-state index in [-0.39, 0.29) is 18.1 Å². The van der Waals surface area contributed by atoms with Gasteiger partial charge in [0.15, 0.2) is 0 Å². The molecule has 0 aliphatic heterocycles. The molecule has 1 N–H and O–H groups in total. The van der Waals surface area contributed by atoms with Gasteiger partial charge in [-0.2, -0.15) is 33.2 Å². The molecule has 2 aromatic rings. The van der Waals surface area contributed by atoms with Crippen molar-refractivity contribution in [1.82, 2.24) is 24.7 Å². The standard InChI is InChI=1S/C13H15F3N6O/c14-13(15,16)21-10-18-11(22-8-4-7-17-22)20-12(19-10)23-9-5-2-1-3-6-9/h4,7-9H,1-3,5-6H2,(H,18,19,20,21). The Bertz CT molecular complexity index is 640. The molecule has 10 heteroatoms. The van der Waals surface area contributed by atoms with Crippen LogP contribution in [0.15, 0.2) is 18.5 Å². The van der Waals surface area contributed by atoms with Gasteiger partial charge in [0.2, 0.25) is 5.95 Å². The monoisotopic (exact) mass is 328 g/mol. The van der Waals surface area contributed by atoms with Crippen LogP contribution < -0.4 is 10.1 Å². The van der Waals surface area contributed by atoms with E-state index in [0.717, 1.165) is 32.1 Å². The van der Waals surface area contributed by atoms with Crippen molar-refractivity contribution in [3.05, 3.63) is 18.5 Å². The fraction of sp³-hybridized carbons (Fsp3) is 0.538. The second-order valence-electron chi connectivity index (χ2n) is 5.19. The molecule has 0 radical (unpaired) electrons. The molecule has 3 rings (SSSR count). The third-order valence-corrected chi connectivity index (χ3v) is 3.39. The molecule has 0 unspecified atom stereocenters. The van der Waals surface area contributed by atoms with Gasteiger partial charge in [0.25, 0.3) is 5.95 Å². The maximum Gasteiger partial charge on any atom is 0.484 e. The first kappa shape index (κ1) is 15.5. The predicted molar refractivity (Wildman–Crippen MR) is 74.1 cm³/mol. The summed E-state index contributed by atoms with van der Waals surface area (Å²) in [5.41, 5.74) is 0. The first-order valence-corrected chi connectivity index (χ1v) is 7.27. The number of hydrogen-bond donors (Lipinski definition) is 1. The minimum atomic E-state index is -4.65. The molecule has 2 heterocycles. The van der Waals surface area contributed by atoms with E-state index in [1.165, 1.54) is 22.4 Å². The Morgan fingerprint density at radius 3 is 2.57 bits per heavy atom. The van der Waals surface area contributed by atoms with Gasteiger partial charge in [-0.25, -0.2) is 4.68 Å². The van der Waals surface area contributed by atoms with Gasteiger partial charge in [0, 0.05) is 12.4 Å². The van der Waals surface area contributed by atoms with E-state index >= 15 is 0 Å². The first-order chi connectivity index (χ1) is 11.0. The second-order valence-corrected chi connectivity index (χ2v) is 5.19. The van der Waals surface area contributed by atoms with Gasteiger partial charge in [-0.1, -0.05) is 6.42 Å². The predicted octanol–water partition coefficient (Wildman–Crippen LogP) is 2.70. The molecule has 1 aliphatic carbocycles. The third kappa shape index (κ3) is 4.30. The minimum absolute atomic E-state index is 0.0393. The lowest BCUT2D eigenvalue weighted by Gasteiger charge is -2.22. The Balaban J connectivity index is 1.87. The van der Waals surface area contributed by atoms with Crippen molar-refractivity contribution >= 4 is 5.95 Å². The van der Waals surface area contributed by atoms with Gasteiger partial charge in [0.05, 0.1) is 0 Å². The normalized spacial score (nSPS) is 16.3. The number of aromatic nitrogens is 5. The van der Waals surface area contributed by atoms with Crippen LogP contribution in [0.3, 0.4) is 0 Å². The molecule has 0 bridgehead atoms. The largest absolute Gasteiger partial charge is 0.484 e. The molecule has 2 aromatic heterocycles. The van der Waals surface area contributed by atoms with Gasteiger partial charge < -0.3 is 4.74 Å². The van der Waals surface area contributed by atoms with Gasteiger partial charge in [-0.15, -0.1) is 0 Å². The quantitative estimate of drug-likeness (QED) is 0.870. The number of ether oxygens (including phenoxy) is 1. The van der Waals surface area contributed by atoms with Crippen LogP contribution in [-0.2, 0) is 0 Å². The Hall–Kier alpha value is -2.39. The SMILES string of the molecule is FC(F)(F)Nc1nc(OC2CCCCC2)nc(-n2cccn2)n1. The number of nitrogens with one attached hydrogen (secondary N) is 1. The third-order valence-electron chi connectivity index (χ3n) is 3.39. The smallest absolute Gasteiger partial charge is 0.460 e. The van der Waals surface area contributed by atoms with E-state index in [1.54, 1.807) is 6.07 Å². The Labute approximate surface area is 129 Å². The van der Waals surface area contributed by atoms with Crippen LogP contribution in [0, 0.1) is 0 Å². The first-order valence-electron chi connectivity index (χ1n) is 7.27. The van der Waals surface area contributed by atoms with Crippen molar-refractivity contribution in [3.63, 3.8) is 0 Å². The van der Waals surface area contributed by atoms with E-state index in [0.29, 0.717) is 0 Å². The van der Waals surface area contributed by atoms with Crippen LogP contribution in [0.4, 0.5) is 19.1 Å². The van der Waals surface area contributed by atoms with Gasteiger partial charge in [0.1, 0.15) is 6.10 Å². The summed E-state index contributed by atoms with van der Waals surface area (Å²) in [6, 6.07) is 1.48. The minimum Gasteiger partial charge on any atom is -0.460 e. The molecule has 7 nitrogen and oxygen atoms in total. The van der Waals surface area contributed by atoms with Crippen molar-refractivity contribution in [2.75, 3.05) is 5.32 Å². The lowest BCUT2D eigenvalue weighted by molar-refractivity contribution is -0.101. The van der Waals surface area contributed by atoms with E-state index in [2.05, 4.69) is 20.1 Å². The maximum absolute atomic E-state index is 12.5. The zero-order valence-corrected chi connectivity index (χ0v) is 12.1. The summed E-state index contributed by atoms with van der Waals surface area (Å²) in [6.45, 7) is 0. The summed E-state index contributed by atoms with van der Waals surface area (Å²) in [6.07, 6.45) is 3.12. The number of halogens is 3. The molecule has 23 heavy (non-hydrogen) atoms. The lowest BCUT2D eigenvalue weighted by atomic mass is 9.98. The van der Waals surface area contributed by atoms with Crippen LogP contribution in [0.5, 0.6) is 6.01 Å². The number of anilines is 1. The number of rotatable bonds is 4. The molecule has 0 saturated heterocycles. The molecule has 0 amide bonds. The van der Waals surface area contributed by atoms with Crippen molar-refractivity contribution in [3.8, 4) is 12.0 Å². The van der Waals surface area contributed by atoms with Crippen LogP contribution in [0.25, 0.3) is 5.95 Å². The van der Waals surface area contributed by atoms with Gasteiger partial charge in [-0.05, 0) is 31.7 Å².